The summed E-state index contributed by atoms with van der Waals surface area (Å²) in [5.74, 6) is 0.139. The fourth-order valence-corrected chi connectivity index (χ4v) is 0.998. The van der Waals surface area contributed by atoms with Gasteiger partial charge >= 0.3 is 0 Å². The number of amides is 2. The molecule has 0 fully saturated rings. The number of hydrogen-bond donors (Lipinski definition) is 2. The summed E-state index contributed by atoms with van der Waals surface area (Å²) < 4.78 is 0. The van der Waals surface area contributed by atoms with Gasteiger partial charge in [-0.2, -0.15) is 0 Å². The molecule has 4 nitrogen and oxygen atoms in total. The van der Waals surface area contributed by atoms with Crippen molar-refractivity contribution in [1.29, 1.82) is 0 Å². The summed E-state index contributed by atoms with van der Waals surface area (Å²) in [7, 11) is 3.26. The lowest BCUT2D eigenvalue weighted by Gasteiger charge is -2.00. The maximum Gasteiger partial charge on any atom is 0.219 e. The molecule has 0 aromatic carbocycles. The highest BCUT2D eigenvalue weighted by molar-refractivity contribution is 5.76. The molecule has 0 saturated heterocycles. The van der Waals surface area contributed by atoms with Crippen LogP contribution in [0, 0.1) is 0 Å². The van der Waals surface area contributed by atoms with Crippen molar-refractivity contribution in [3.63, 3.8) is 0 Å². The molecule has 2 amide bonds. The lowest BCUT2D eigenvalue weighted by Crippen LogP contribution is -2.18. The lowest BCUT2D eigenvalue weighted by molar-refractivity contribution is -0.121. The molecule has 76 valence electrons. The van der Waals surface area contributed by atoms with Crippen molar-refractivity contribution >= 4 is 11.8 Å². The summed E-state index contributed by atoms with van der Waals surface area (Å²) in [6, 6.07) is 0. The minimum atomic E-state index is 0.0694. The van der Waals surface area contributed by atoms with Gasteiger partial charge < -0.3 is 10.6 Å². The fraction of sp³-hybridized carbons (Fsp3) is 0.778. The predicted molar refractivity (Wildman–Crippen MR) is 51.2 cm³/mol. The molecule has 0 bridgehead atoms. The summed E-state index contributed by atoms with van der Waals surface area (Å²) in [6.45, 7) is 0. The van der Waals surface area contributed by atoms with Crippen molar-refractivity contribution in [2.45, 2.75) is 32.1 Å². The van der Waals surface area contributed by atoms with E-state index in [4.69, 9.17) is 0 Å². The van der Waals surface area contributed by atoms with E-state index in [1.54, 1.807) is 14.1 Å². The van der Waals surface area contributed by atoms with Gasteiger partial charge in [-0.1, -0.05) is 6.42 Å². The van der Waals surface area contributed by atoms with E-state index in [-0.39, 0.29) is 11.8 Å². The number of rotatable bonds is 6. The van der Waals surface area contributed by atoms with Crippen molar-refractivity contribution < 1.29 is 9.59 Å². The van der Waals surface area contributed by atoms with Gasteiger partial charge in [-0.25, -0.2) is 0 Å². The van der Waals surface area contributed by atoms with Gasteiger partial charge in [-0.05, 0) is 12.8 Å². The van der Waals surface area contributed by atoms with E-state index >= 15 is 0 Å². The third-order valence-electron chi connectivity index (χ3n) is 1.87. The van der Waals surface area contributed by atoms with E-state index in [1.165, 1.54) is 0 Å². The van der Waals surface area contributed by atoms with Crippen LogP contribution in [0.5, 0.6) is 0 Å². The Morgan fingerprint density at radius 3 is 1.54 bits per heavy atom. The van der Waals surface area contributed by atoms with Crippen LogP contribution in [0.2, 0.25) is 0 Å². The maximum atomic E-state index is 10.8. The van der Waals surface area contributed by atoms with E-state index in [9.17, 15) is 9.59 Å². The van der Waals surface area contributed by atoms with Crippen LogP contribution in [0.15, 0.2) is 0 Å². The molecular weight excluding hydrogens is 168 g/mol. The van der Waals surface area contributed by atoms with Crippen LogP contribution in [-0.2, 0) is 9.59 Å². The molecule has 0 aliphatic carbocycles. The minimum absolute atomic E-state index is 0.0694. The van der Waals surface area contributed by atoms with Gasteiger partial charge in [0, 0.05) is 26.9 Å². The molecule has 0 heterocycles. The van der Waals surface area contributed by atoms with Crippen molar-refractivity contribution in [2.24, 2.45) is 0 Å². The molecule has 0 aliphatic heterocycles. The average Bonchev–Trinajstić information content (AvgIpc) is 2.16. The lowest BCUT2D eigenvalue weighted by atomic mass is 10.1. The Labute approximate surface area is 79.1 Å². The largest absolute Gasteiger partial charge is 0.359 e. The molecule has 0 atom stereocenters. The van der Waals surface area contributed by atoms with Gasteiger partial charge in [0.2, 0.25) is 11.8 Å². The molecule has 0 rings (SSSR count). The van der Waals surface area contributed by atoms with Crippen LogP contribution in [0.4, 0.5) is 0 Å². The molecule has 13 heavy (non-hydrogen) atoms. The average molecular weight is 186 g/mol. The molecule has 4 heteroatoms. The normalized spacial score (nSPS) is 9.38. The SMILES string of the molecule is CNC(=O)CCCCCC(=O)NC. The molecule has 0 unspecified atom stereocenters. The summed E-state index contributed by atoms with van der Waals surface area (Å²) >= 11 is 0. The Bertz CT molecular complexity index is 151. The van der Waals surface area contributed by atoms with Crippen LogP contribution in [-0.4, -0.2) is 25.9 Å². The number of carbonyl (C=O) groups is 2. The topological polar surface area (TPSA) is 58.2 Å². The molecule has 0 aromatic rings. The van der Waals surface area contributed by atoms with Crippen LogP contribution in [0.1, 0.15) is 32.1 Å². The summed E-state index contributed by atoms with van der Waals surface area (Å²) in [6.07, 6.45) is 3.77. The van der Waals surface area contributed by atoms with E-state index in [2.05, 4.69) is 10.6 Å². The van der Waals surface area contributed by atoms with Gasteiger partial charge in [0.15, 0.2) is 0 Å². The van der Waals surface area contributed by atoms with Crippen molar-refractivity contribution in [2.75, 3.05) is 14.1 Å². The Hall–Kier alpha value is -1.06. The molecular formula is C9H18N2O2. The van der Waals surface area contributed by atoms with E-state index in [0.29, 0.717) is 12.8 Å². The second-order valence-corrected chi connectivity index (χ2v) is 2.91. The second-order valence-electron chi connectivity index (χ2n) is 2.91. The number of unbranched alkanes of at least 4 members (excludes halogenated alkanes) is 2. The van der Waals surface area contributed by atoms with Gasteiger partial charge in [-0.15, -0.1) is 0 Å². The van der Waals surface area contributed by atoms with Crippen LogP contribution in [0.3, 0.4) is 0 Å². The maximum absolute atomic E-state index is 10.8. The molecule has 0 aromatic heterocycles. The van der Waals surface area contributed by atoms with Crippen LogP contribution in [0.25, 0.3) is 0 Å². The van der Waals surface area contributed by atoms with Crippen molar-refractivity contribution in [1.82, 2.24) is 10.6 Å². The monoisotopic (exact) mass is 186 g/mol. The predicted octanol–water partition coefficient (Wildman–Crippen LogP) is 0.429. The Kier molecular flexibility index (Phi) is 6.96. The first-order valence-corrected chi connectivity index (χ1v) is 4.62. The first-order chi connectivity index (χ1) is 6.20. The highest BCUT2D eigenvalue weighted by Gasteiger charge is 1.99. The highest BCUT2D eigenvalue weighted by atomic mass is 16.2. The Morgan fingerprint density at radius 2 is 1.23 bits per heavy atom. The van der Waals surface area contributed by atoms with Crippen molar-refractivity contribution in [3.8, 4) is 0 Å². The minimum Gasteiger partial charge on any atom is -0.359 e. The third kappa shape index (κ3) is 7.31. The molecule has 2 N–H and O–H groups in total. The third-order valence-corrected chi connectivity index (χ3v) is 1.87. The van der Waals surface area contributed by atoms with Gasteiger partial charge in [0.05, 0.1) is 0 Å². The summed E-state index contributed by atoms with van der Waals surface area (Å²) in [5.41, 5.74) is 0. The fourth-order valence-electron chi connectivity index (χ4n) is 0.998. The van der Waals surface area contributed by atoms with Gasteiger partial charge in [0.25, 0.3) is 0 Å². The van der Waals surface area contributed by atoms with Crippen LogP contribution >= 0.6 is 0 Å². The van der Waals surface area contributed by atoms with E-state index < -0.39 is 0 Å². The van der Waals surface area contributed by atoms with Gasteiger partial charge in [-0.3, -0.25) is 9.59 Å². The quantitative estimate of drug-likeness (QED) is 0.591. The molecule has 0 saturated carbocycles. The smallest absolute Gasteiger partial charge is 0.219 e. The number of hydrogen-bond acceptors (Lipinski definition) is 2. The highest BCUT2D eigenvalue weighted by Crippen LogP contribution is 2.02. The summed E-state index contributed by atoms with van der Waals surface area (Å²) in [4.78, 5) is 21.5. The molecule has 0 radical (unpaired) electrons. The Balaban J connectivity index is 3.17. The first-order valence-electron chi connectivity index (χ1n) is 4.62. The van der Waals surface area contributed by atoms with E-state index in [0.717, 1.165) is 19.3 Å². The second kappa shape index (κ2) is 7.58. The first kappa shape index (κ1) is 11.9. The van der Waals surface area contributed by atoms with E-state index in [1.807, 2.05) is 0 Å². The number of nitrogens with one attached hydrogen (secondary N) is 2. The number of carbonyl (C=O) groups excluding carboxylic acids is 2. The van der Waals surface area contributed by atoms with Gasteiger partial charge in [0.1, 0.15) is 0 Å². The summed E-state index contributed by atoms with van der Waals surface area (Å²) in [5, 5.41) is 5.12. The molecule has 0 aliphatic rings. The zero-order valence-corrected chi connectivity index (χ0v) is 8.35. The molecule has 0 spiro atoms. The Morgan fingerprint density at radius 1 is 0.846 bits per heavy atom. The standard InChI is InChI=1S/C9H18N2O2/c1-10-8(12)6-4-3-5-7-9(13)11-2/h3-7H2,1-2H3,(H,10,12)(H,11,13). The van der Waals surface area contributed by atoms with Crippen molar-refractivity contribution in [3.05, 3.63) is 0 Å². The zero-order chi connectivity index (χ0) is 10.1. The van der Waals surface area contributed by atoms with Crippen LogP contribution < -0.4 is 10.6 Å². The zero-order valence-electron chi connectivity index (χ0n) is 8.35.